The molecule has 2 fully saturated rings. The third-order valence-corrected chi connectivity index (χ3v) is 4.54. The van der Waals surface area contributed by atoms with Crippen LogP contribution in [0.1, 0.15) is 5.69 Å². The van der Waals surface area contributed by atoms with Gasteiger partial charge in [-0.15, -0.1) is 0 Å². The molecule has 3 aliphatic heterocycles. The Balaban J connectivity index is 1.63. The lowest BCUT2D eigenvalue weighted by molar-refractivity contribution is -0.148. The van der Waals surface area contributed by atoms with Crippen molar-refractivity contribution in [1.29, 1.82) is 0 Å². The summed E-state index contributed by atoms with van der Waals surface area (Å²) >= 11 is 0. The summed E-state index contributed by atoms with van der Waals surface area (Å²) in [6.07, 6.45) is 4.83. The van der Waals surface area contributed by atoms with Gasteiger partial charge < -0.3 is 14.7 Å². The molecule has 0 radical (unpaired) electrons. The average molecular weight is 286 g/mol. The highest BCUT2D eigenvalue weighted by Gasteiger charge is 2.66. The third-order valence-electron chi connectivity index (χ3n) is 4.54. The molecule has 0 aromatic carbocycles. The first-order chi connectivity index (χ1) is 10.1. The summed E-state index contributed by atoms with van der Waals surface area (Å²) in [5.74, 6) is -2.52. The van der Waals surface area contributed by atoms with E-state index in [4.69, 9.17) is 4.74 Å². The van der Waals surface area contributed by atoms with Crippen LogP contribution in [0.15, 0.2) is 36.5 Å². The van der Waals surface area contributed by atoms with Crippen LogP contribution in [0.4, 0.5) is 0 Å². The van der Waals surface area contributed by atoms with Gasteiger partial charge in [-0.3, -0.25) is 14.6 Å². The fraction of sp³-hybridized carbons (Fsp3) is 0.400. The van der Waals surface area contributed by atoms with Crippen molar-refractivity contribution in [2.24, 2.45) is 11.8 Å². The molecule has 6 heteroatoms. The molecule has 1 aromatic heterocycles. The summed E-state index contributed by atoms with van der Waals surface area (Å²) in [5.41, 5.74) is 0.0205. The van der Waals surface area contributed by atoms with Crippen molar-refractivity contribution in [3.63, 3.8) is 0 Å². The number of carboxylic acids is 1. The highest BCUT2D eigenvalue weighted by atomic mass is 16.5. The minimum Gasteiger partial charge on any atom is -0.481 e. The first kappa shape index (κ1) is 12.5. The molecule has 1 N–H and O–H groups in total. The number of fused-ring (bicyclic) bond motifs is 1. The molecule has 1 amide bonds. The maximum Gasteiger partial charge on any atom is 0.310 e. The molecule has 4 rings (SSSR count). The predicted molar refractivity (Wildman–Crippen MR) is 71.0 cm³/mol. The van der Waals surface area contributed by atoms with E-state index in [9.17, 15) is 14.7 Å². The van der Waals surface area contributed by atoms with Crippen LogP contribution >= 0.6 is 0 Å². The summed E-state index contributed by atoms with van der Waals surface area (Å²) < 4.78 is 5.82. The molecule has 4 atom stereocenters. The lowest BCUT2D eigenvalue weighted by atomic mass is 9.77. The molecule has 0 saturated carbocycles. The van der Waals surface area contributed by atoms with Gasteiger partial charge >= 0.3 is 5.97 Å². The van der Waals surface area contributed by atoms with Gasteiger partial charge in [-0.1, -0.05) is 18.2 Å². The largest absolute Gasteiger partial charge is 0.481 e. The number of carboxylic acid groups (broad SMARTS) is 1. The van der Waals surface area contributed by atoms with Crippen molar-refractivity contribution >= 4 is 11.9 Å². The van der Waals surface area contributed by atoms with Crippen LogP contribution in [0.3, 0.4) is 0 Å². The van der Waals surface area contributed by atoms with Crippen molar-refractivity contribution in [2.45, 2.75) is 18.2 Å². The normalized spacial score (nSPS) is 36.3. The summed E-state index contributed by atoms with van der Waals surface area (Å²) in [6.45, 7) is 0.774. The lowest BCUT2D eigenvalue weighted by Gasteiger charge is -2.21. The maximum atomic E-state index is 12.6. The van der Waals surface area contributed by atoms with Gasteiger partial charge in [0.2, 0.25) is 5.91 Å². The van der Waals surface area contributed by atoms with Crippen LogP contribution in [0.2, 0.25) is 0 Å². The van der Waals surface area contributed by atoms with Crippen LogP contribution in [0.25, 0.3) is 0 Å². The van der Waals surface area contributed by atoms with E-state index in [1.807, 2.05) is 24.3 Å². The van der Waals surface area contributed by atoms with Gasteiger partial charge in [0.25, 0.3) is 0 Å². The second-order valence-electron chi connectivity index (χ2n) is 5.75. The average Bonchev–Trinajstić information content (AvgIpc) is 3.09. The summed E-state index contributed by atoms with van der Waals surface area (Å²) in [7, 11) is 0. The summed E-state index contributed by atoms with van der Waals surface area (Å²) in [4.78, 5) is 29.9. The molecule has 1 aromatic rings. The zero-order chi connectivity index (χ0) is 14.6. The van der Waals surface area contributed by atoms with Crippen LogP contribution in [0.5, 0.6) is 0 Å². The van der Waals surface area contributed by atoms with E-state index < -0.39 is 29.5 Å². The van der Waals surface area contributed by atoms with E-state index >= 15 is 0 Å². The van der Waals surface area contributed by atoms with Gasteiger partial charge in [0.15, 0.2) is 0 Å². The van der Waals surface area contributed by atoms with Crippen molar-refractivity contribution in [3.8, 4) is 0 Å². The Bertz CT molecular complexity index is 644. The van der Waals surface area contributed by atoms with Gasteiger partial charge in [0, 0.05) is 6.20 Å². The number of likely N-dealkylation sites (tertiary alicyclic amines) is 1. The Morgan fingerprint density at radius 2 is 2.38 bits per heavy atom. The number of nitrogens with zero attached hydrogens (tertiary/aromatic N) is 2. The molecule has 21 heavy (non-hydrogen) atoms. The highest BCUT2D eigenvalue weighted by Crippen LogP contribution is 2.51. The van der Waals surface area contributed by atoms with Crippen LogP contribution in [0, 0.1) is 11.8 Å². The number of hydrogen-bond donors (Lipinski definition) is 1. The Kier molecular flexibility index (Phi) is 2.47. The van der Waals surface area contributed by atoms with E-state index in [1.165, 1.54) is 0 Å². The quantitative estimate of drug-likeness (QED) is 0.816. The van der Waals surface area contributed by atoms with Crippen molar-refractivity contribution in [3.05, 3.63) is 42.2 Å². The molecule has 4 heterocycles. The second kappa shape index (κ2) is 4.14. The van der Waals surface area contributed by atoms with E-state index in [2.05, 4.69) is 4.98 Å². The van der Waals surface area contributed by atoms with Crippen LogP contribution in [-0.4, -0.2) is 45.1 Å². The number of rotatable bonds is 3. The molecule has 3 aliphatic rings. The summed E-state index contributed by atoms with van der Waals surface area (Å²) in [6, 6.07) is 5.53. The molecule has 2 bridgehead atoms. The first-order valence-electron chi connectivity index (χ1n) is 6.89. The molecule has 108 valence electrons. The van der Waals surface area contributed by atoms with Crippen molar-refractivity contribution in [2.75, 3.05) is 6.54 Å². The number of aliphatic carboxylic acids is 1. The van der Waals surface area contributed by atoms with Gasteiger partial charge in [0.05, 0.1) is 30.8 Å². The second-order valence-corrected chi connectivity index (χ2v) is 5.75. The Morgan fingerprint density at radius 1 is 1.52 bits per heavy atom. The first-order valence-corrected chi connectivity index (χ1v) is 6.89. The number of carbonyl (C=O) groups is 2. The number of carbonyl (C=O) groups excluding carboxylic acids is 1. The molecular formula is C15H14N2O4. The number of hydrogen-bond acceptors (Lipinski definition) is 4. The summed E-state index contributed by atoms with van der Waals surface area (Å²) in [5, 5.41) is 9.38. The third kappa shape index (κ3) is 1.65. The fourth-order valence-electron chi connectivity index (χ4n) is 3.68. The Labute approximate surface area is 121 Å². The molecule has 2 saturated heterocycles. The molecule has 0 aliphatic carbocycles. The molecular weight excluding hydrogens is 272 g/mol. The van der Waals surface area contributed by atoms with Crippen LogP contribution < -0.4 is 0 Å². The van der Waals surface area contributed by atoms with Crippen molar-refractivity contribution in [1.82, 2.24) is 9.88 Å². The van der Waals surface area contributed by atoms with E-state index in [1.54, 1.807) is 17.2 Å². The number of ether oxygens (including phenoxy) is 1. The topological polar surface area (TPSA) is 79.7 Å². The predicted octanol–water partition coefficient (Wildman–Crippen LogP) is 0.448. The SMILES string of the molecule is O=C(O)[C@H]1[C@H]2C=C[C@]3(CN(Cc4ccccn4)C(=O)[C@@H]13)O2. The number of amides is 1. The maximum absolute atomic E-state index is 12.6. The Morgan fingerprint density at radius 3 is 3.10 bits per heavy atom. The molecule has 0 unspecified atom stereocenters. The van der Waals surface area contributed by atoms with Gasteiger partial charge in [0.1, 0.15) is 11.5 Å². The zero-order valence-corrected chi connectivity index (χ0v) is 11.2. The van der Waals surface area contributed by atoms with Gasteiger partial charge in [-0.2, -0.15) is 0 Å². The number of pyridine rings is 1. The standard InChI is InChI=1S/C15H14N2O4/c18-13-12-11(14(19)20)10-4-5-15(12,21-10)8-17(13)7-9-3-1-2-6-16-9/h1-6,10-12H,7-8H2,(H,19,20)/t10-,11+,12-,15-/m1/s1. The van der Waals surface area contributed by atoms with Gasteiger partial charge in [-0.05, 0) is 12.1 Å². The van der Waals surface area contributed by atoms with Gasteiger partial charge in [-0.25, -0.2) is 0 Å². The highest BCUT2D eigenvalue weighted by molar-refractivity contribution is 5.90. The smallest absolute Gasteiger partial charge is 0.310 e. The number of aromatic nitrogens is 1. The minimum absolute atomic E-state index is 0.153. The van der Waals surface area contributed by atoms with E-state index in [0.29, 0.717) is 13.1 Å². The van der Waals surface area contributed by atoms with Crippen LogP contribution in [-0.2, 0) is 20.9 Å². The zero-order valence-electron chi connectivity index (χ0n) is 11.2. The van der Waals surface area contributed by atoms with E-state index in [-0.39, 0.29) is 5.91 Å². The Hall–Kier alpha value is -2.21. The molecule has 6 nitrogen and oxygen atoms in total. The van der Waals surface area contributed by atoms with Crippen molar-refractivity contribution < 1.29 is 19.4 Å². The minimum atomic E-state index is -0.968. The molecule has 1 spiro atoms. The fourth-order valence-corrected chi connectivity index (χ4v) is 3.68. The van der Waals surface area contributed by atoms with E-state index in [0.717, 1.165) is 5.69 Å². The monoisotopic (exact) mass is 286 g/mol. The lowest BCUT2D eigenvalue weighted by Crippen LogP contribution is -2.39.